The molecule has 4 nitrogen and oxygen atoms in total. The van der Waals surface area contributed by atoms with Gasteiger partial charge in [-0.15, -0.1) is 24.2 Å². The molecule has 1 heterocycles. The van der Waals surface area contributed by atoms with Crippen molar-refractivity contribution in [3.63, 3.8) is 0 Å². The molecule has 0 aliphatic rings. The molecule has 0 saturated carbocycles. The molecule has 30 heavy (non-hydrogen) atoms. The van der Waals surface area contributed by atoms with Gasteiger partial charge in [0.1, 0.15) is 0 Å². The van der Waals surface area contributed by atoms with Crippen molar-refractivity contribution in [2.75, 3.05) is 36.8 Å². The third-order valence-corrected chi connectivity index (χ3v) is 7.14. The van der Waals surface area contributed by atoms with E-state index in [1.165, 1.54) is 11.8 Å². The Morgan fingerprint density at radius 1 is 1.10 bits per heavy atom. The first-order valence-electron chi connectivity index (χ1n) is 9.79. The van der Waals surface area contributed by atoms with E-state index >= 15 is 0 Å². The summed E-state index contributed by atoms with van der Waals surface area (Å²) in [6, 6.07) is 13.8. The second kappa shape index (κ2) is 11.9. The van der Waals surface area contributed by atoms with Crippen LogP contribution in [0.2, 0.25) is 5.02 Å². The number of fused-ring (bicyclic) bond motifs is 1. The summed E-state index contributed by atoms with van der Waals surface area (Å²) >= 11 is 9.08. The molecule has 0 atom stereocenters. The number of likely N-dealkylation sites (N-methyl/N-ethyl adjacent to an activating group) is 1. The van der Waals surface area contributed by atoms with Crippen molar-refractivity contribution in [2.24, 2.45) is 0 Å². The molecule has 2 aromatic carbocycles. The summed E-state index contributed by atoms with van der Waals surface area (Å²) in [5.74, 6) is 0.447. The first kappa shape index (κ1) is 25.0. The van der Waals surface area contributed by atoms with Crippen LogP contribution >= 0.6 is 47.1 Å². The third kappa shape index (κ3) is 6.34. The van der Waals surface area contributed by atoms with Crippen molar-refractivity contribution >= 4 is 68.4 Å². The number of nitrogens with zero attached hydrogens (tertiary/aromatic N) is 3. The molecule has 3 aromatic rings. The number of thiazole rings is 1. The molecule has 0 fully saturated rings. The summed E-state index contributed by atoms with van der Waals surface area (Å²) in [5.41, 5.74) is 2.12. The standard InChI is InChI=1S/C22H26ClN3OS2.ClH/c1-4-25(5-2)13-14-26(20(27)15-28-18-11-9-17(23)10-12-18)22-24-21-16(3)7-6-8-19(21)29-22;/h6-12H,4-5,13-15H2,1-3H3;1H. The quantitative estimate of drug-likeness (QED) is 0.342. The van der Waals surface area contributed by atoms with E-state index in [4.69, 9.17) is 16.6 Å². The molecule has 0 radical (unpaired) electrons. The van der Waals surface area contributed by atoms with Gasteiger partial charge < -0.3 is 4.90 Å². The Morgan fingerprint density at radius 3 is 2.43 bits per heavy atom. The monoisotopic (exact) mass is 483 g/mol. The molecule has 0 aliphatic carbocycles. The van der Waals surface area contributed by atoms with Crippen molar-refractivity contribution in [3.8, 4) is 0 Å². The average Bonchev–Trinajstić information content (AvgIpc) is 3.16. The number of halogens is 2. The van der Waals surface area contributed by atoms with Crippen LogP contribution in [-0.4, -0.2) is 47.7 Å². The van der Waals surface area contributed by atoms with Gasteiger partial charge in [0.15, 0.2) is 5.13 Å². The summed E-state index contributed by atoms with van der Waals surface area (Å²) in [4.78, 5) is 23.2. The molecule has 0 saturated heterocycles. The van der Waals surface area contributed by atoms with E-state index in [9.17, 15) is 4.79 Å². The SMILES string of the molecule is CCN(CC)CCN(C(=O)CSc1ccc(Cl)cc1)c1nc2c(C)cccc2s1.Cl. The summed E-state index contributed by atoms with van der Waals surface area (Å²) in [6.07, 6.45) is 0. The first-order valence-corrected chi connectivity index (χ1v) is 12.0. The predicted octanol–water partition coefficient (Wildman–Crippen LogP) is 6.15. The lowest BCUT2D eigenvalue weighted by atomic mass is 10.2. The molecule has 1 aromatic heterocycles. The molecule has 0 bridgehead atoms. The van der Waals surface area contributed by atoms with Crippen molar-refractivity contribution in [3.05, 3.63) is 53.1 Å². The van der Waals surface area contributed by atoms with Gasteiger partial charge in [0.05, 0.1) is 16.0 Å². The lowest BCUT2D eigenvalue weighted by Gasteiger charge is -2.24. The van der Waals surface area contributed by atoms with E-state index in [0.29, 0.717) is 17.3 Å². The number of hydrogen-bond acceptors (Lipinski definition) is 5. The second-order valence-electron chi connectivity index (χ2n) is 6.73. The maximum atomic E-state index is 13.2. The molecule has 8 heteroatoms. The minimum atomic E-state index is 0. The van der Waals surface area contributed by atoms with Gasteiger partial charge in [-0.2, -0.15) is 0 Å². The van der Waals surface area contributed by atoms with Gasteiger partial charge >= 0.3 is 0 Å². The number of aromatic nitrogens is 1. The van der Waals surface area contributed by atoms with Crippen molar-refractivity contribution in [1.82, 2.24) is 9.88 Å². The summed E-state index contributed by atoms with van der Waals surface area (Å²) in [5, 5.41) is 1.48. The van der Waals surface area contributed by atoms with Gasteiger partial charge in [-0.25, -0.2) is 4.98 Å². The number of rotatable bonds is 9. The molecule has 0 aliphatic heterocycles. The number of thioether (sulfide) groups is 1. The van der Waals surface area contributed by atoms with Crippen LogP contribution in [0.4, 0.5) is 5.13 Å². The molecule has 1 amide bonds. The maximum Gasteiger partial charge on any atom is 0.239 e. The Kier molecular flexibility index (Phi) is 9.91. The van der Waals surface area contributed by atoms with Gasteiger partial charge in [0, 0.05) is 23.0 Å². The fourth-order valence-electron chi connectivity index (χ4n) is 3.05. The minimum absolute atomic E-state index is 0. The molecular formula is C22H27Cl2N3OS2. The van der Waals surface area contributed by atoms with Crippen LogP contribution in [0.25, 0.3) is 10.2 Å². The van der Waals surface area contributed by atoms with Crippen LogP contribution in [0, 0.1) is 6.92 Å². The van der Waals surface area contributed by atoms with E-state index in [-0.39, 0.29) is 18.3 Å². The van der Waals surface area contributed by atoms with E-state index in [1.54, 1.807) is 11.3 Å². The number of para-hydroxylation sites is 1. The zero-order chi connectivity index (χ0) is 20.8. The molecular weight excluding hydrogens is 457 g/mol. The highest BCUT2D eigenvalue weighted by molar-refractivity contribution is 8.00. The average molecular weight is 485 g/mol. The lowest BCUT2D eigenvalue weighted by molar-refractivity contribution is -0.116. The van der Waals surface area contributed by atoms with E-state index < -0.39 is 0 Å². The van der Waals surface area contributed by atoms with Gasteiger partial charge in [-0.3, -0.25) is 9.69 Å². The summed E-state index contributed by atoms with van der Waals surface area (Å²) in [6.45, 7) is 9.76. The Balaban J connectivity index is 0.00000320. The third-order valence-electron chi connectivity index (χ3n) is 4.85. The predicted molar refractivity (Wildman–Crippen MR) is 134 cm³/mol. The van der Waals surface area contributed by atoms with E-state index in [2.05, 4.69) is 37.8 Å². The highest BCUT2D eigenvalue weighted by Gasteiger charge is 2.21. The van der Waals surface area contributed by atoms with Crippen molar-refractivity contribution in [1.29, 1.82) is 0 Å². The Bertz CT molecular complexity index is 959. The highest BCUT2D eigenvalue weighted by atomic mass is 35.5. The zero-order valence-electron chi connectivity index (χ0n) is 17.4. The van der Waals surface area contributed by atoms with Gasteiger partial charge in [-0.05, 0) is 55.9 Å². The molecule has 3 rings (SSSR count). The van der Waals surface area contributed by atoms with Crippen LogP contribution < -0.4 is 4.90 Å². The van der Waals surface area contributed by atoms with Crippen LogP contribution in [-0.2, 0) is 4.79 Å². The fourth-order valence-corrected chi connectivity index (χ4v) is 5.04. The summed E-state index contributed by atoms with van der Waals surface area (Å²) in [7, 11) is 0. The summed E-state index contributed by atoms with van der Waals surface area (Å²) < 4.78 is 1.12. The van der Waals surface area contributed by atoms with Crippen LogP contribution in [0.3, 0.4) is 0 Å². The van der Waals surface area contributed by atoms with Crippen LogP contribution in [0.5, 0.6) is 0 Å². The lowest BCUT2D eigenvalue weighted by Crippen LogP contribution is -2.39. The van der Waals surface area contributed by atoms with E-state index in [1.807, 2.05) is 35.2 Å². The Labute approximate surface area is 198 Å². The number of hydrogen-bond donors (Lipinski definition) is 0. The molecule has 0 N–H and O–H groups in total. The number of amides is 1. The largest absolute Gasteiger partial charge is 0.302 e. The van der Waals surface area contributed by atoms with Crippen LogP contribution in [0.15, 0.2) is 47.4 Å². The smallest absolute Gasteiger partial charge is 0.239 e. The fraction of sp³-hybridized carbons (Fsp3) is 0.364. The number of carbonyl (C=O) groups is 1. The normalized spacial score (nSPS) is 11.0. The van der Waals surface area contributed by atoms with E-state index in [0.717, 1.165) is 45.4 Å². The van der Waals surface area contributed by atoms with Crippen molar-refractivity contribution < 1.29 is 4.79 Å². The Morgan fingerprint density at radius 2 is 1.80 bits per heavy atom. The number of benzene rings is 2. The molecule has 0 spiro atoms. The van der Waals surface area contributed by atoms with Gasteiger partial charge in [0.2, 0.25) is 5.91 Å². The highest BCUT2D eigenvalue weighted by Crippen LogP contribution is 2.31. The number of anilines is 1. The molecule has 0 unspecified atom stereocenters. The first-order chi connectivity index (χ1) is 14.0. The van der Waals surface area contributed by atoms with Crippen LogP contribution in [0.1, 0.15) is 19.4 Å². The van der Waals surface area contributed by atoms with Crippen molar-refractivity contribution in [2.45, 2.75) is 25.7 Å². The molecule has 162 valence electrons. The minimum Gasteiger partial charge on any atom is -0.302 e. The zero-order valence-corrected chi connectivity index (χ0v) is 20.6. The number of carbonyl (C=O) groups excluding carboxylic acids is 1. The van der Waals surface area contributed by atoms with Gasteiger partial charge in [-0.1, -0.05) is 48.9 Å². The topological polar surface area (TPSA) is 36.4 Å². The Hall–Kier alpha value is -1.31. The second-order valence-corrected chi connectivity index (χ2v) is 9.23. The maximum absolute atomic E-state index is 13.2. The van der Waals surface area contributed by atoms with Gasteiger partial charge in [0.25, 0.3) is 0 Å². The number of aryl methyl sites for hydroxylation is 1.